The van der Waals surface area contributed by atoms with Crippen LogP contribution in [0, 0.1) is 0 Å². The summed E-state index contributed by atoms with van der Waals surface area (Å²) in [5, 5.41) is 3.79. The number of rotatable bonds is 10. The molecule has 166 valence electrons. The minimum atomic E-state index is -4.17. The van der Waals surface area contributed by atoms with Crippen LogP contribution in [0.1, 0.15) is 5.56 Å². The molecule has 14 heteroatoms. The first-order valence-electron chi connectivity index (χ1n) is 8.19. The number of carbonyl (C=O) groups is 4. The van der Waals surface area contributed by atoms with E-state index in [0.717, 1.165) is 0 Å². The predicted octanol–water partition coefficient (Wildman–Crippen LogP) is -0.397. The second kappa shape index (κ2) is 11.9. The summed E-state index contributed by atoms with van der Waals surface area (Å²) in [6, 6.07) is 6.81. The largest absolute Gasteiger partial charge is 0.446 e. The topological polar surface area (TPSA) is 180 Å². The number of ether oxygens (including phenoxy) is 2. The van der Waals surface area contributed by atoms with Gasteiger partial charge in [0.15, 0.2) is 0 Å². The molecule has 0 heterocycles. The standard InChI is InChI=1S/C16H20ClN3O9S/c1-30(25,26)29-11(9-28-15(23)19-12(21)7-17)13(14(18)22)20-16(24)27-8-10-5-3-2-4-6-10/h2-6,11,13H,7-9H2,1H3,(H2,18,22)(H,20,24)(H,19,21,23)/t11-,13+/m1/s1. The summed E-state index contributed by atoms with van der Waals surface area (Å²) in [5.41, 5.74) is 5.86. The fourth-order valence-corrected chi connectivity index (χ4v) is 2.67. The summed E-state index contributed by atoms with van der Waals surface area (Å²) in [6.07, 6.45) is -3.45. The number of nitrogens with two attached hydrogens (primary N) is 1. The molecule has 0 aromatic heterocycles. The van der Waals surface area contributed by atoms with Crippen molar-refractivity contribution in [1.82, 2.24) is 10.6 Å². The molecule has 2 atom stereocenters. The Labute approximate surface area is 177 Å². The van der Waals surface area contributed by atoms with E-state index in [1.807, 2.05) is 0 Å². The van der Waals surface area contributed by atoms with E-state index in [-0.39, 0.29) is 6.61 Å². The van der Waals surface area contributed by atoms with Gasteiger partial charge in [0.2, 0.25) is 11.8 Å². The van der Waals surface area contributed by atoms with E-state index in [2.05, 4.69) is 10.1 Å². The Bertz CT molecular complexity index is 864. The minimum Gasteiger partial charge on any atom is -0.446 e. The van der Waals surface area contributed by atoms with Crippen molar-refractivity contribution in [3.63, 3.8) is 0 Å². The number of imide groups is 1. The van der Waals surface area contributed by atoms with Gasteiger partial charge < -0.3 is 20.5 Å². The molecule has 0 aliphatic carbocycles. The van der Waals surface area contributed by atoms with Crippen LogP contribution in [0.15, 0.2) is 30.3 Å². The fourth-order valence-electron chi connectivity index (χ4n) is 1.98. The third-order valence-electron chi connectivity index (χ3n) is 3.20. The van der Waals surface area contributed by atoms with Crippen molar-refractivity contribution < 1.29 is 41.3 Å². The zero-order valence-corrected chi connectivity index (χ0v) is 17.3. The van der Waals surface area contributed by atoms with E-state index in [9.17, 15) is 27.6 Å². The van der Waals surface area contributed by atoms with Gasteiger partial charge >= 0.3 is 12.2 Å². The molecule has 0 spiro atoms. The van der Waals surface area contributed by atoms with Gasteiger partial charge in [-0.15, -0.1) is 11.6 Å². The molecule has 0 unspecified atom stereocenters. The molecular formula is C16H20ClN3O9S. The Morgan fingerprint density at radius 2 is 1.73 bits per heavy atom. The number of carbonyl (C=O) groups excluding carboxylic acids is 4. The van der Waals surface area contributed by atoms with Crippen LogP contribution in [-0.2, 0) is 40.0 Å². The molecule has 1 aromatic rings. The Morgan fingerprint density at radius 1 is 1.10 bits per heavy atom. The normalized spacial score (nSPS) is 12.9. The molecule has 0 radical (unpaired) electrons. The molecule has 1 aromatic carbocycles. The number of primary amides is 1. The number of benzene rings is 1. The van der Waals surface area contributed by atoms with Crippen molar-refractivity contribution in [2.45, 2.75) is 18.8 Å². The zero-order valence-electron chi connectivity index (χ0n) is 15.7. The van der Waals surface area contributed by atoms with Crippen LogP contribution in [0.3, 0.4) is 0 Å². The fraction of sp³-hybridized carbons (Fsp3) is 0.375. The van der Waals surface area contributed by atoms with Crippen LogP contribution in [0.4, 0.5) is 9.59 Å². The zero-order chi connectivity index (χ0) is 22.7. The molecule has 4 amide bonds. The summed E-state index contributed by atoms with van der Waals surface area (Å²) in [5.74, 6) is -2.60. The lowest BCUT2D eigenvalue weighted by Crippen LogP contribution is -2.55. The molecule has 12 nitrogen and oxygen atoms in total. The highest BCUT2D eigenvalue weighted by atomic mass is 35.5. The second-order valence-electron chi connectivity index (χ2n) is 5.71. The Morgan fingerprint density at radius 3 is 2.27 bits per heavy atom. The van der Waals surface area contributed by atoms with Gasteiger partial charge in [-0.3, -0.25) is 19.1 Å². The van der Waals surface area contributed by atoms with Gasteiger partial charge in [0, 0.05) is 0 Å². The van der Waals surface area contributed by atoms with Crippen molar-refractivity contribution in [1.29, 1.82) is 0 Å². The number of amides is 4. The van der Waals surface area contributed by atoms with E-state index < -0.39 is 58.8 Å². The van der Waals surface area contributed by atoms with Crippen molar-refractivity contribution in [2.24, 2.45) is 5.73 Å². The number of hydrogen-bond acceptors (Lipinski definition) is 9. The lowest BCUT2D eigenvalue weighted by atomic mass is 10.1. The minimum absolute atomic E-state index is 0.144. The highest BCUT2D eigenvalue weighted by molar-refractivity contribution is 7.86. The van der Waals surface area contributed by atoms with Gasteiger partial charge in [-0.05, 0) is 5.56 Å². The average molecular weight is 466 g/mol. The van der Waals surface area contributed by atoms with Gasteiger partial charge in [0.25, 0.3) is 10.1 Å². The molecule has 0 bridgehead atoms. The summed E-state index contributed by atoms with van der Waals surface area (Å²) in [6.45, 7) is -1.00. The summed E-state index contributed by atoms with van der Waals surface area (Å²) < 4.78 is 37.3. The van der Waals surface area contributed by atoms with E-state index >= 15 is 0 Å². The number of hydrogen-bond donors (Lipinski definition) is 3. The van der Waals surface area contributed by atoms with E-state index in [1.54, 1.807) is 35.6 Å². The van der Waals surface area contributed by atoms with Crippen molar-refractivity contribution in [2.75, 3.05) is 18.7 Å². The Kier molecular flexibility index (Phi) is 10.0. The van der Waals surface area contributed by atoms with Gasteiger partial charge in [0.1, 0.15) is 31.2 Å². The summed E-state index contributed by atoms with van der Waals surface area (Å²) >= 11 is 5.22. The smallest absolute Gasteiger partial charge is 0.413 e. The van der Waals surface area contributed by atoms with E-state index in [4.69, 9.17) is 26.3 Å². The van der Waals surface area contributed by atoms with Gasteiger partial charge in [-0.1, -0.05) is 30.3 Å². The first-order chi connectivity index (χ1) is 14.0. The summed E-state index contributed by atoms with van der Waals surface area (Å²) in [7, 11) is -4.17. The average Bonchev–Trinajstić information content (AvgIpc) is 2.67. The molecule has 30 heavy (non-hydrogen) atoms. The molecule has 0 aliphatic heterocycles. The van der Waals surface area contributed by atoms with Crippen molar-refractivity contribution >= 4 is 45.7 Å². The predicted molar refractivity (Wildman–Crippen MR) is 103 cm³/mol. The maximum Gasteiger partial charge on any atom is 0.413 e. The van der Waals surface area contributed by atoms with Crippen LogP contribution in [-0.4, -0.2) is 63.3 Å². The molecule has 4 N–H and O–H groups in total. The van der Waals surface area contributed by atoms with Crippen LogP contribution in [0.25, 0.3) is 0 Å². The van der Waals surface area contributed by atoms with Gasteiger partial charge in [-0.2, -0.15) is 8.42 Å². The van der Waals surface area contributed by atoms with E-state index in [0.29, 0.717) is 11.8 Å². The van der Waals surface area contributed by atoms with Crippen LogP contribution in [0.2, 0.25) is 0 Å². The highest BCUT2D eigenvalue weighted by Crippen LogP contribution is 2.07. The van der Waals surface area contributed by atoms with Crippen LogP contribution < -0.4 is 16.4 Å². The third kappa shape index (κ3) is 10.0. The molecule has 0 saturated carbocycles. The SMILES string of the molecule is CS(=O)(=O)O[C@H](COC(=O)NC(=O)CCl)[C@H](NC(=O)OCc1ccccc1)C(N)=O. The maximum atomic E-state index is 12.0. The lowest BCUT2D eigenvalue weighted by molar-refractivity contribution is -0.123. The first-order valence-corrected chi connectivity index (χ1v) is 10.5. The number of alkyl halides is 1. The monoisotopic (exact) mass is 465 g/mol. The molecule has 0 saturated heterocycles. The maximum absolute atomic E-state index is 12.0. The first kappa shape index (κ1) is 25.1. The second-order valence-corrected chi connectivity index (χ2v) is 7.57. The quantitative estimate of drug-likeness (QED) is 0.306. The lowest BCUT2D eigenvalue weighted by Gasteiger charge is -2.24. The van der Waals surface area contributed by atoms with Crippen LogP contribution >= 0.6 is 11.6 Å². The third-order valence-corrected chi connectivity index (χ3v) is 4.04. The number of halogens is 1. The highest BCUT2D eigenvalue weighted by Gasteiger charge is 2.34. The molecule has 1 rings (SSSR count). The number of nitrogens with one attached hydrogen (secondary N) is 2. The Hall–Kier alpha value is -2.90. The van der Waals surface area contributed by atoms with Crippen LogP contribution in [0.5, 0.6) is 0 Å². The molecular weight excluding hydrogens is 446 g/mol. The van der Waals surface area contributed by atoms with Gasteiger partial charge in [-0.25, -0.2) is 9.59 Å². The number of alkyl carbamates (subject to hydrolysis) is 2. The molecule has 0 aliphatic rings. The summed E-state index contributed by atoms with van der Waals surface area (Å²) in [4.78, 5) is 46.3. The Balaban J connectivity index is 2.81. The van der Waals surface area contributed by atoms with Crippen molar-refractivity contribution in [3.8, 4) is 0 Å². The van der Waals surface area contributed by atoms with Crippen molar-refractivity contribution in [3.05, 3.63) is 35.9 Å². The van der Waals surface area contributed by atoms with Gasteiger partial charge in [0.05, 0.1) is 6.26 Å². The van der Waals surface area contributed by atoms with E-state index in [1.165, 1.54) is 0 Å². The molecule has 0 fully saturated rings.